The molecule has 2 bridgehead atoms. The monoisotopic (exact) mass is 603 g/mol. The average Bonchev–Trinajstić information content (AvgIpc) is 2.84. The van der Waals surface area contributed by atoms with Gasteiger partial charge in [-0.05, 0) is 49.6 Å². The van der Waals surface area contributed by atoms with Gasteiger partial charge in [0.05, 0.1) is 23.7 Å². The molecular weight excluding hydrogens is 581 g/mol. The molecule has 14 heteroatoms. The third kappa shape index (κ3) is 5.92. The van der Waals surface area contributed by atoms with E-state index in [2.05, 4.69) is 10.6 Å². The number of nitrogens with one attached hydrogen (secondary N) is 2. The molecule has 1 atom stereocenters. The number of rotatable bonds is 8. The highest BCUT2D eigenvalue weighted by Crippen LogP contribution is 2.60. The van der Waals surface area contributed by atoms with Crippen LogP contribution >= 0.6 is 23.2 Å². The fourth-order valence-corrected chi connectivity index (χ4v) is 5.74. The molecule has 0 spiro atoms. The van der Waals surface area contributed by atoms with Crippen molar-refractivity contribution in [2.24, 2.45) is 0 Å². The summed E-state index contributed by atoms with van der Waals surface area (Å²) >= 11 is 11.6. The lowest BCUT2D eigenvalue weighted by Gasteiger charge is -2.70. The van der Waals surface area contributed by atoms with E-state index in [4.69, 9.17) is 32.7 Å². The molecule has 1 aliphatic heterocycles. The van der Waals surface area contributed by atoms with E-state index in [-0.39, 0.29) is 40.4 Å². The van der Waals surface area contributed by atoms with E-state index in [0.717, 1.165) is 11.0 Å². The molecule has 3 saturated carbocycles. The standard InChI is InChI=1S/C26H23Cl2F4N3O5/c27-14-1-4-19-18(7-14)35(22(37)5-6-26(30,31)32)9-20(40-19)23(38)34-25-11-24(12-25,13-25)33-21(36)10-39-15-2-3-16(28)17(29)8-15/h1-4,7-8,20H,5-6,9-13H2,(H,33,36)(H,34,38). The largest absolute Gasteiger partial charge is 0.484 e. The van der Waals surface area contributed by atoms with Crippen molar-refractivity contribution in [2.45, 2.75) is 55.5 Å². The number of halogens is 6. The first-order chi connectivity index (χ1) is 18.8. The van der Waals surface area contributed by atoms with Gasteiger partial charge in [0.25, 0.3) is 11.8 Å². The number of carbonyl (C=O) groups excluding carboxylic acids is 3. The first kappa shape index (κ1) is 28.3. The summed E-state index contributed by atoms with van der Waals surface area (Å²) in [5.74, 6) is -2.10. The molecule has 0 radical (unpaired) electrons. The zero-order valence-corrected chi connectivity index (χ0v) is 22.3. The van der Waals surface area contributed by atoms with E-state index in [0.29, 0.717) is 19.3 Å². The molecule has 2 N–H and O–H groups in total. The predicted octanol–water partition coefficient (Wildman–Crippen LogP) is 4.56. The SMILES string of the molecule is O=C(COc1ccc(Cl)c(F)c1)NC12CC(NC(=O)C3CN(C(=O)CCC(F)(F)F)c4cc(Cl)ccc4O3)(C1)C2. The second-order valence-electron chi connectivity index (χ2n) is 10.3. The molecule has 6 rings (SSSR count). The summed E-state index contributed by atoms with van der Waals surface area (Å²) in [6.45, 7) is -0.615. The normalized spacial score (nSPS) is 24.6. The maximum absolute atomic E-state index is 13.5. The molecule has 3 amide bonds. The van der Waals surface area contributed by atoms with E-state index >= 15 is 0 Å². The van der Waals surface area contributed by atoms with Gasteiger partial charge in [0.1, 0.15) is 17.3 Å². The highest BCUT2D eigenvalue weighted by molar-refractivity contribution is 6.31. The zero-order chi connectivity index (χ0) is 28.9. The van der Waals surface area contributed by atoms with Crippen LogP contribution in [0, 0.1) is 5.82 Å². The highest BCUT2D eigenvalue weighted by Gasteiger charge is 2.69. The van der Waals surface area contributed by atoms with Crippen LogP contribution in [0.25, 0.3) is 0 Å². The summed E-state index contributed by atoms with van der Waals surface area (Å²) in [6, 6.07) is 8.17. The molecule has 0 saturated heterocycles. The van der Waals surface area contributed by atoms with Crippen molar-refractivity contribution in [2.75, 3.05) is 18.1 Å². The number of anilines is 1. The Morgan fingerprint density at radius 1 is 1.05 bits per heavy atom. The lowest BCUT2D eigenvalue weighted by molar-refractivity contribution is -0.154. The summed E-state index contributed by atoms with van der Waals surface area (Å²) in [4.78, 5) is 39.2. The fourth-order valence-electron chi connectivity index (χ4n) is 5.45. The maximum Gasteiger partial charge on any atom is 0.389 e. The summed E-state index contributed by atoms with van der Waals surface area (Å²) in [5.41, 5.74) is -0.881. The minimum Gasteiger partial charge on any atom is -0.484 e. The molecule has 8 nitrogen and oxygen atoms in total. The van der Waals surface area contributed by atoms with Crippen LogP contribution in [0.2, 0.25) is 10.0 Å². The Kier molecular flexibility index (Phi) is 7.28. The number of carbonyl (C=O) groups is 3. The lowest BCUT2D eigenvalue weighted by Crippen LogP contribution is -2.84. The second kappa shape index (κ2) is 10.3. The zero-order valence-electron chi connectivity index (χ0n) is 20.7. The number of benzene rings is 2. The van der Waals surface area contributed by atoms with Gasteiger partial charge in [-0.1, -0.05) is 23.2 Å². The van der Waals surface area contributed by atoms with Crippen molar-refractivity contribution < 1.29 is 41.4 Å². The lowest BCUT2D eigenvalue weighted by atomic mass is 9.44. The number of hydrogen-bond donors (Lipinski definition) is 2. The first-order valence-corrected chi connectivity index (χ1v) is 13.1. The van der Waals surface area contributed by atoms with Crippen LogP contribution in [0.1, 0.15) is 32.1 Å². The molecule has 3 aliphatic carbocycles. The van der Waals surface area contributed by atoms with Crippen LogP contribution in [-0.2, 0) is 14.4 Å². The summed E-state index contributed by atoms with van der Waals surface area (Å²) in [5, 5.41) is 5.98. The number of alkyl halides is 3. The van der Waals surface area contributed by atoms with E-state index in [9.17, 15) is 31.9 Å². The van der Waals surface area contributed by atoms with Crippen LogP contribution in [0.5, 0.6) is 11.5 Å². The van der Waals surface area contributed by atoms with Gasteiger partial charge in [-0.2, -0.15) is 13.2 Å². The number of nitrogens with zero attached hydrogens (tertiary/aromatic N) is 1. The third-order valence-corrected chi connectivity index (χ3v) is 7.67. The minimum atomic E-state index is -4.51. The first-order valence-electron chi connectivity index (χ1n) is 12.3. The summed E-state index contributed by atoms with van der Waals surface area (Å²) in [7, 11) is 0. The number of ether oxygens (including phenoxy) is 2. The average molecular weight is 604 g/mol. The van der Waals surface area contributed by atoms with Gasteiger partial charge in [-0.15, -0.1) is 0 Å². The molecule has 1 unspecified atom stereocenters. The van der Waals surface area contributed by atoms with Crippen molar-refractivity contribution in [1.82, 2.24) is 10.6 Å². The highest BCUT2D eigenvalue weighted by atomic mass is 35.5. The van der Waals surface area contributed by atoms with Gasteiger partial charge in [0.15, 0.2) is 12.7 Å². The number of hydrogen-bond acceptors (Lipinski definition) is 5. The smallest absolute Gasteiger partial charge is 0.389 e. The molecule has 0 aromatic heterocycles. The second-order valence-corrected chi connectivity index (χ2v) is 11.2. The van der Waals surface area contributed by atoms with E-state index in [1.165, 1.54) is 30.3 Å². The summed E-state index contributed by atoms with van der Waals surface area (Å²) < 4.78 is 62.7. The van der Waals surface area contributed by atoms with E-state index < -0.39 is 59.7 Å². The van der Waals surface area contributed by atoms with Crippen molar-refractivity contribution in [1.29, 1.82) is 0 Å². The Morgan fingerprint density at radius 3 is 2.42 bits per heavy atom. The molecule has 3 fully saturated rings. The van der Waals surface area contributed by atoms with Crippen molar-refractivity contribution >= 4 is 46.6 Å². The minimum absolute atomic E-state index is 0.0639. The van der Waals surface area contributed by atoms with E-state index in [1.807, 2.05) is 0 Å². The fraction of sp³-hybridized carbons (Fsp3) is 0.423. The van der Waals surface area contributed by atoms with Gasteiger partial charge in [-0.25, -0.2) is 4.39 Å². The van der Waals surface area contributed by atoms with Crippen molar-refractivity contribution in [3.8, 4) is 11.5 Å². The maximum atomic E-state index is 13.5. The van der Waals surface area contributed by atoms with Gasteiger partial charge >= 0.3 is 6.18 Å². The molecular formula is C26H23Cl2F4N3O5. The Balaban J connectivity index is 1.15. The van der Waals surface area contributed by atoms with Crippen LogP contribution in [0.3, 0.4) is 0 Å². The van der Waals surface area contributed by atoms with Gasteiger partial charge in [0, 0.05) is 28.6 Å². The number of fused-ring (bicyclic) bond motifs is 1. The Bertz CT molecular complexity index is 1350. The van der Waals surface area contributed by atoms with Crippen LogP contribution in [0.15, 0.2) is 36.4 Å². The van der Waals surface area contributed by atoms with Crippen LogP contribution in [-0.4, -0.2) is 54.2 Å². The molecule has 2 aromatic carbocycles. The van der Waals surface area contributed by atoms with Gasteiger partial charge in [0.2, 0.25) is 5.91 Å². The Morgan fingerprint density at radius 2 is 1.75 bits per heavy atom. The molecule has 4 aliphatic rings. The topological polar surface area (TPSA) is 97.0 Å². The Hall–Kier alpha value is -3.25. The molecule has 214 valence electrons. The van der Waals surface area contributed by atoms with E-state index in [1.54, 1.807) is 0 Å². The number of amides is 3. The van der Waals surface area contributed by atoms with Crippen LogP contribution in [0.4, 0.5) is 23.2 Å². The molecule has 40 heavy (non-hydrogen) atoms. The van der Waals surface area contributed by atoms with Gasteiger partial charge in [-0.3, -0.25) is 14.4 Å². The Labute approximate surface area is 235 Å². The third-order valence-electron chi connectivity index (χ3n) is 7.13. The summed E-state index contributed by atoms with van der Waals surface area (Å²) in [6.07, 6.45) is -6.37. The van der Waals surface area contributed by atoms with Crippen molar-refractivity contribution in [3.63, 3.8) is 0 Å². The van der Waals surface area contributed by atoms with Crippen LogP contribution < -0.4 is 25.0 Å². The quantitative estimate of drug-likeness (QED) is 0.431. The predicted molar refractivity (Wildman–Crippen MR) is 136 cm³/mol. The molecule has 1 heterocycles. The molecule has 2 aromatic rings. The van der Waals surface area contributed by atoms with Gasteiger partial charge < -0.3 is 25.0 Å². The van der Waals surface area contributed by atoms with Crippen molar-refractivity contribution in [3.05, 3.63) is 52.3 Å².